The molecule has 176 valence electrons. The highest BCUT2D eigenvalue weighted by atomic mass is 79.9. The average Bonchev–Trinajstić information content (AvgIpc) is 2.83. The van der Waals surface area contributed by atoms with Crippen molar-refractivity contribution in [1.29, 1.82) is 0 Å². The fraction of sp³-hybridized carbons (Fsp3) is 0.154. The molecule has 0 aliphatic heterocycles. The summed E-state index contributed by atoms with van der Waals surface area (Å²) in [5.41, 5.74) is 4.36. The Morgan fingerprint density at radius 3 is 2.62 bits per heavy atom. The van der Waals surface area contributed by atoms with Crippen LogP contribution in [0.5, 0.6) is 17.2 Å². The number of hydrogen-bond acceptors (Lipinski definition) is 5. The fourth-order valence-corrected chi connectivity index (χ4v) is 3.43. The first-order valence-corrected chi connectivity index (χ1v) is 11.3. The summed E-state index contributed by atoms with van der Waals surface area (Å²) in [4.78, 5) is 12.5. The van der Waals surface area contributed by atoms with Crippen LogP contribution in [-0.2, 0) is 6.61 Å². The monoisotopic (exact) mass is 526 g/mol. The van der Waals surface area contributed by atoms with Gasteiger partial charge in [-0.1, -0.05) is 24.8 Å². The molecule has 0 atom stereocenters. The molecule has 0 bridgehead atoms. The van der Waals surface area contributed by atoms with E-state index >= 15 is 0 Å². The lowest BCUT2D eigenvalue weighted by atomic mass is 10.2. The smallest absolute Gasteiger partial charge is 0.271 e. The van der Waals surface area contributed by atoms with Gasteiger partial charge in [-0.25, -0.2) is 9.82 Å². The Morgan fingerprint density at radius 1 is 1.06 bits per heavy atom. The third-order valence-corrected chi connectivity index (χ3v) is 5.10. The van der Waals surface area contributed by atoms with E-state index < -0.39 is 0 Å². The van der Waals surface area contributed by atoms with E-state index in [1.807, 2.05) is 6.92 Å². The zero-order valence-corrected chi connectivity index (χ0v) is 20.2. The van der Waals surface area contributed by atoms with Crippen LogP contribution in [0.2, 0.25) is 0 Å². The molecule has 3 aromatic carbocycles. The second kappa shape index (κ2) is 12.6. The average molecular weight is 527 g/mol. The Balaban J connectivity index is 1.60. The lowest BCUT2D eigenvalue weighted by Gasteiger charge is -2.12. The molecular formula is C26H24BrFN2O4. The first-order valence-electron chi connectivity index (χ1n) is 10.5. The molecule has 1 N–H and O–H groups in total. The van der Waals surface area contributed by atoms with Gasteiger partial charge >= 0.3 is 0 Å². The maximum absolute atomic E-state index is 13.3. The van der Waals surface area contributed by atoms with Crippen LogP contribution in [0.3, 0.4) is 0 Å². The SMILES string of the molecule is C=CCOc1ccc(C(=O)N/N=C/c2ccc(OCc3cccc(F)c3)c(Br)c2)cc1OCC. The Bertz CT molecular complexity index is 1180. The summed E-state index contributed by atoms with van der Waals surface area (Å²) in [6.07, 6.45) is 3.15. The topological polar surface area (TPSA) is 69.2 Å². The van der Waals surface area contributed by atoms with Crippen molar-refractivity contribution in [3.63, 3.8) is 0 Å². The van der Waals surface area contributed by atoms with E-state index in [1.54, 1.807) is 54.6 Å². The molecule has 1 amide bonds. The molecule has 6 nitrogen and oxygen atoms in total. The number of benzene rings is 3. The van der Waals surface area contributed by atoms with E-state index in [2.05, 4.69) is 33.0 Å². The third-order valence-electron chi connectivity index (χ3n) is 4.48. The summed E-state index contributed by atoms with van der Waals surface area (Å²) >= 11 is 3.46. The number of hydrazone groups is 1. The van der Waals surface area contributed by atoms with Crippen LogP contribution in [0.25, 0.3) is 0 Å². The number of ether oxygens (including phenoxy) is 3. The van der Waals surface area contributed by atoms with E-state index in [0.717, 1.165) is 11.1 Å². The summed E-state index contributed by atoms with van der Waals surface area (Å²) in [7, 11) is 0. The maximum Gasteiger partial charge on any atom is 0.271 e. The molecule has 0 heterocycles. The number of halogens is 2. The first kappa shape index (κ1) is 25.0. The number of nitrogens with one attached hydrogen (secondary N) is 1. The second-order valence-corrected chi connectivity index (χ2v) is 7.86. The quantitative estimate of drug-likeness (QED) is 0.192. The molecule has 34 heavy (non-hydrogen) atoms. The third kappa shape index (κ3) is 7.18. The van der Waals surface area contributed by atoms with Crippen LogP contribution < -0.4 is 19.6 Å². The number of rotatable bonds is 11. The standard InChI is InChI=1S/C26H24BrFN2O4/c1-3-12-33-24-11-9-20(15-25(24)32-4-2)26(31)30-29-16-18-8-10-23(22(27)14-18)34-17-19-6-5-7-21(28)13-19/h3,5-11,13-16H,1,4,12,17H2,2H3,(H,30,31)/b29-16+. The minimum Gasteiger partial charge on any atom is -0.490 e. The van der Waals surface area contributed by atoms with Gasteiger partial charge in [0.15, 0.2) is 11.5 Å². The van der Waals surface area contributed by atoms with Crippen molar-refractivity contribution in [2.75, 3.05) is 13.2 Å². The molecule has 0 unspecified atom stereocenters. The van der Waals surface area contributed by atoms with E-state index in [1.165, 1.54) is 18.3 Å². The van der Waals surface area contributed by atoms with Crippen LogP contribution >= 0.6 is 15.9 Å². The summed E-state index contributed by atoms with van der Waals surface area (Å²) < 4.78 is 30.9. The number of amides is 1. The van der Waals surface area contributed by atoms with Crippen molar-refractivity contribution in [2.45, 2.75) is 13.5 Å². The van der Waals surface area contributed by atoms with Crippen LogP contribution in [-0.4, -0.2) is 25.3 Å². The minimum absolute atomic E-state index is 0.237. The van der Waals surface area contributed by atoms with Crippen LogP contribution in [0.15, 0.2) is 82.9 Å². The largest absolute Gasteiger partial charge is 0.490 e. The van der Waals surface area contributed by atoms with Crippen LogP contribution in [0.4, 0.5) is 4.39 Å². The Morgan fingerprint density at radius 2 is 1.88 bits per heavy atom. The molecule has 0 saturated heterocycles. The molecule has 0 aliphatic rings. The lowest BCUT2D eigenvalue weighted by Crippen LogP contribution is -2.17. The van der Waals surface area contributed by atoms with Gasteiger partial charge in [-0.2, -0.15) is 5.10 Å². The van der Waals surface area contributed by atoms with Gasteiger partial charge in [0.1, 0.15) is 24.8 Å². The Kier molecular flexibility index (Phi) is 9.22. The normalized spacial score (nSPS) is 10.7. The molecular weight excluding hydrogens is 503 g/mol. The molecule has 0 aliphatic carbocycles. The number of carbonyl (C=O) groups is 1. The van der Waals surface area contributed by atoms with Gasteiger partial charge < -0.3 is 14.2 Å². The highest BCUT2D eigenvalue weighted by molar-refractivity contribution is 9.10. The van der Waals surface area contributed by atoms with Gasteiger partial charge in [-0.3, -0.25) is 4.79 Å². The van der Waals surface area contributed by atoms with Gasteiger partial charge in [0.05, 0.1) is 17.3 Å². The Labute approximate surface area is 206 Å². The number of nitrogens with zero attached hydrogens (tertiary/aromatic N) is 1. The van der Waals surface area contributed by atoms with Gasteiger partial charge in [0, 0.05) is 5.56 Å². The van der Waals surface area contributed by atoms with E-state index in [-0.39, 0.29) is 18.3 Å². The van der Waals surface area contributed by atoms with E-state index in [9.17, 15) is 9.18 Å². The lowest BCUT2D eigenvalue weighted by molar-refractivity contribution is 0.0954. The highest BCUT2D eigenvalue weighted by Gasteiger charge is 2.11. The van der Waals surface area contributed by atoms with Gasteiger partial charge in [0.25, 0.3) is 5.91 Å². The fourth-order valence-electron chi connectivity index (χ4n) is 2.92. The summed E-state index contributed by atoms with van der Waals surface area (Å²) in [5.74, 6) is 0.916. The molecule has 0 spiro atoms. The molecule has 0 fully saturated rings. The van der Waals surface area contributed by atoms with Crippen LogP contribution in [0, 0.1) is 5.82 Å². The van der Waals surface area contributed by atoms with Gasteiger partial charge in [-0.15, -0.1) is 0 Å². The minimum atomic E-state index is -0.387. The molecule has 0 aromatic heterocycles. The van der Waals surface area contributed by atoms with Crippen molar-refractivity contribution in [3.05, 3.63) is 100 Å². The zero-order valence-electron chi connectivity index (χ0n) is 18.6. The predicted octanol–water partition coefficient (Wildman–Crippen LogP) is 5.89. The molecule has 3 rings (SSSR count). The highest BCUT2D eigenvalue weighted by Crippen LogP contribution is 2.29. The number of carbonyl (C=O) groups excluding carboxylic acids is 1. The van der Waals surface area contributed by atoms with Gasteiger partial charge in [-0.05, 0) is 82.5 Å². The summed E-state index contributed by atoms with van der Waals surface area (Å²) in [6.45, 7) is 6.48. The summed E-state index contributed by atoms with van der Waals surface area (Å²) in [6, 6.07) is 16.5. The molecule has 0 radical (unpaired) electrons. The maximum atomic E-state index is 13.3. The molecule has 0 saturated carbocycles. The first-order chi connectivity index (χ1) is 16.5. The predicted molar refractivity (Wildman–Crippen MR) is 133 cm³/mol. The van der Waals surface area contributed by atoms with E-state index in [4.69, 9.17) is 14.2 Å². The van der Waals surface area contributed by atoms with E-state index in [0.29, 0.717) is 40.5 Å². The van der Waals surface area contributed by atoms with Crippen molar-refractivity contribution < 1.29 is 23.4 Å². The van der Waals surface area contributed by atoms with Crippen molar-refractivity contribution in [1.82, 2.24) is 5.43 Å². The van der Waals surface area contributed by atoms with Crippen molar-refractivity contribution >= 4 is 28.1 Å². The zero-order chi connectivity index (χ0) is 24.3. The number of hydrogen-bond donors (Lipinski definition) is 1. The molecule has 8 heteroatoms. The van der Waals surface area contributed by atoms with Crippen molar-refractivity contribution in [3.8, 4) is 17.2 Å². The van der Waals surface area contributed by atoms with Gasteiger partial charge in [0.2, 0.25) is 0 Å². The summed E-state index contributed by atoms with van der Waals surface area (Å²) in [5, 5.41) is 4.03. The Hall–Kier alpha value is -3.65. The molecule has 3 aromatic rings. The second-order valence-electron chi connectivity index (χ2n) is 7.00. The van der Waals surface area contributed by atoms with Crippen LogP contribution in [0.1, 0.15) is 28.4 Å². The van der Waals surface area contributed by atoms with Crippen molar-refractivity contribution in [2.24, 2.45) is 5.10 Å².